The van der Waals surface area contributed by atoms with Gasteiger partial charge in [-0.1, -0.05) is 156 Å². The van der Waals surface area contributed by atoms with Gasteiger partial charge in [0.05, 0.1) is 32.9 Å². The number of halogens is 4. The van der Waals surface area contributed by atoms with Crippen molar-refractivity contribution in [3.63, 3.8) is 0 Å². The zero-order valence-electron chi connectivity index (χ0n) is 28.0. The molecule has 4 rings (SSSR count). The van der Waals surface area contributed by atoms with E-state index in [1.165, 1.54) is 112 Å². The van der Waals surface area contributed by atoms with E-state index in [0.717, 1.165) is 12.8 Å². The van der Waals surface area contributed by atoms with Gasteiger partial charge in [0.2, 0.25) is 11.8 Å². The molecule has 262 valence electrons. The van der Waals surface area contributed by atoms with Crippen LogP contribution in [0.1, 0.15) is 129 Å². The van der Waals surface area contributed by atoms with Gasteiger partial charge >= 0.3 is 0 Å². The van der Waals surface area contributed by atoms with Gasteiger partial charge in [-0.3, -0.25) is 24.7 Å². The minimum Gasteiger partial charge on any atom is -0.277 e. The van der Waals surface area contributed by atoms with Crippen LogP contribution < -0.4 is 15.3 Å². The van der Waals surface area contributed by atoms with E-state index in [1.807, 2.05) is 0 Å². The molecule has 1 atom stereocenters. The van der Waals surface area contributed by atoms with Crippen molar-refractivity contribution in [2.75, 3.05) is 9.91 Å². The molecule has 3 amide bonds. The summed E-state index contributed by atoms with van der Waals surface area (Å²) in [5.41, 5.74) is 3.92. The minimum atomic E-state index is -0.325. The quantitative estimate of drug-likeness (QED) is 0.108. The van der Waals surface area contributed by atoms with Crippen LogP contribution in [0.5, 0.6) is 0 Å². The highest BCUT2D eigenvalue weighted by atomic mass is 35.5. The molecule has 2 saturated heterocycles. The Balaban J connectivity index is 1.19. The Hall–Kier alpha value is -2.32. The first kappa shape index (κ1) is 38.5. The summed E-state index contributed by atoms with van der Waals surface area (Å²) in [5, 5.41) is 2.28. The number of aliphatic imine (C=N–C) groups is 1. The standard InChI is InChI=1S/C37H48Cl4N4O3/c1-2-3-4-5-6-7-8-9-10-11-12-13-14-15-16-17-18-26-21-34(46)44(37(26)48)28-19-20-29(39)32(24-28)42-33-25-35(47)45(43-33)36-30(40)22-27(38)23-31(36)41/h19-20,22-24,26H,2-18,21,25H2,1H3,(H,42,43). The van der Waals surface area contributed by atoms with Crippen molar-refractivity contribution >= 4 is 87.0 Å². The summed E-state index contributed by atoms with van der Waals surface area (Å²) in [5.74, 6) is -0.745. The van der Waals surface area contributed by atoms with Crippen molar-refractivity contribution in [2.45, 2.75) is 129 Å². The number of carbonyl (C=O) groups excluding carboxylic acids is 3. The van der Waals surface area contributed by atoms with E-state index in [0.29, 0.717) is 33.7 Å². The largest absolute Gasteiger partial charge is 0.277 e. The first-order valence-electron chi connectivity index (χ1n) is 17.7. The molecule has 0 saturated carbocycles. The third kappa shape index (κ3) is 11.1. The molecule has 0 bridgehead atoms. The smallest absolute Gasteiger partial charge is 0.253 e. The lowest BCUT2D eigenvalue weighted by atomic mass is 9.98. The minimum absolute atomic E-state index is 0.0567. The monoisotopic (exact) mass is 736 g/mol. The van der Waals surface area contributed by atoms with Gasteiger partial charge in [0, 0.05) is 17.4 Å². The molecule has 0 aliphatic carbocycles. The lowest BCUT2D eigenvalue weighted by Crippen LogP contribution is -2.36. The Labute approximate surface area is 305 Å². The molecule has 48 heavy (non-hydrogen) atoms. The molecule has 0 aromatic heterocycles. The highest BCUT2D eigenvalue weighted by Gasteiger charge is 2.39. The number of rotatable bonds is 20. The average Bonchev–Trinajstić information content (AvgIpc) is 3.54. The number of anilines is 2. The number of imide groups is 1. The second-order valence-electron chi connectivity index (χ2n) is 13.0. The summed E-state index contributed by atoms with van der Waals surface area (Å²) in [6, 6.07) is 7.82. The normalized spacial score (nSPS) is 17.3. The number of hydrogen-bond acceptors (Lipinski definition) is 4. The van der Waals surface area contributed by atoms with E-state index in [2.05, 4.69) is 17.3 Å². The number of amides is 3. The van der Waals surface area contributed by atoms with E-state index < -0.39 is 0 Å². The van der Waals surface area contributed by atoms with Gasteiger partial charge in [-0.05, 0) is 36.8 Å². The van der Waals surface area contributed by atoms with Crippen LogP contribution in [-0.4, -0.2) is 23.6 Å². The first-order chi connectivity index (χ1) is 23.2. The molecule has 2 fully saturated rings. The maximum Gasteiger partial charge on any atom is 0.253 e. The second-order valence-corrected chi connectivity index (χ2v) is 14.6. The lowest BCUT2D eigenvalue weighted by molar-refractivity contribution is -0.122. The molecule has 11 heteroatoms. The number of nitrogens with zero attached hydrogens (tertiary/aromatic N) is 3. The van der Waals surface area contributed by atoms with Crippen molar-refractivity contribution in [3.05, 3.63) is 50.4 Å². The molecule has 0 spiro atoms. The molecule has 1 N–H and O–H groups in total. The molecule has 2 aliphatic rings. The van der Waals surface area contributed by atoms with E-state index in [9.17, 15) is 14.4 Å². The Morgan fingerprint density at radius 1 is 0.708 bits per heavy atom. The number of amidine groups is 1. The molecular formula is C37H48Cl4N4O3. The molecule has 2 heterocycles. The van der Waals surface area contributed by atoms with Crippen LogP contribution in [-0.2, 0) is 14.4 Å². The fourth-order valence-electron chi connectivity index (χ4n) is 6.45. The number of nitrogens with one attached hydrogen (secondary N) is 1. The third-order valence-electron chi connectivity index (χ3n) is 9.10. The molecule has 0 radical (unpaired) electrons. The first-order valence-corrected chi connectivity index (χ1v) is 19.2. The average molecular weight is 739 g/mol. The molecule has 2 aliphatic heterocycles. The number of unbranched alkanes of at least 4 members (excludes halogenated alkanes) is 15. The van der Waals surface area contributed by atoms with E-state index >= 15 is 0 Å². The highest BCUT2D eigenvalue weighted by Crippen LogP contribution is 2.38. The zero-order chi connectivity index (χ0) is 34.5. The summed E-state index contributed by atoms with van der Waals surface area (Å²) in [7, 11) is 0. The fraction of sp³-hybridized carbons (Fsp3) is 0.568. The predicted octanol–water partition coefficient (Wildman–Crippen LogP) is 11.8. The maximum atomic E-state index is 13.3. The van der Waals surface area contributed by atoms with Crippen LogP contribution in [0.25, 0.3) is 0 Å². The Morgan fingerprint density at radius 3 is 1.81 bits per heavy atom. The summed E-state index contributed by atoms with van der Waals surface area (Å²) in [6.45, 7) is 2.27. The second kappa shape index (κ2) is 19.8. The highest BCUT2D eigenvalue weighted by molar-refractivity contribution is 6.42. The van der Waals surface area contributed by atoms with E-state index in [4.69, 9.17) is 46.4 Å². The van der Waals surface area contributed by atoms with Crippen LogP contribution in [0.15, 0.2) is 35.3 Å². The van der Waals surface area contributed by atoms with E-state index in [-0.39, 0.29) is 52.2 Å². The van der Waals surface area contributed by atoms with Gasteiger partial charge in [0.1, 0.15) is 11.5 Å². The maximum absolute atomic E-state index is 13.3. The van der Waals surface area contributed by atoms with Crippen molar-refractivity contribution in [1.82, 2.24) is 5.43 Å². The fourth-order valence-corrected chi connectivity index (χ4v) is 7.59. The molecular weight excluding hydrogens is 690 g/mol. The number of hydrogen-bond donors (Lipinski definition) is 1. The van der Waals surface area contributed by atoms with Gasteiger partial charge in [-0.15, -0.1) is 0 Å². The molecule has 1 unspecified atom stereocenters. The number of benzene rings is 2. The van der Waals surface area contributed by atoms with Crippen LogP contribution in [0.2, 0.25) is 20.1 Å². The Bertz CT molecular complexity index is 1430. The topological polar surface area (TPSA) is 82.1 Å². The number of hydrazine groups is 1. The predicted molar refractivity (Wildman–Crippen MR) is 200 cm³/mol. The Kier molecular flexibility index (Phi) is 15.8. The van der Waals surface area contributed by atoms with Gasteiger partial charge in [0.25, 0.3) is 5.91 Å². The van der Waals surface area contributed by atoms with E-state index in [1.54, 1.807) is 18.2 Å². The summed E-state index contributed by atoms with van der Waals surface area (Å²) < 4.78 is 0. The van der Waals surface area contributed by atoms with Crippen LogP contribution in [0.4, 0.5) is 17.1 Å². The van der Waals surface area contributed by atoms with Crippen LogP contribution in [0.3, 0.4) is 0 Å². The Morgan fingerprint density at radius 2 is 1.25 bits per heavy atom. The lowest BCUT2D eigenvalue weighted by Gasteiger charge is -2.19. The summed E-state index contributed by atoms with van der Waals surface area (Å²) >= 11 is 25.1. The summed E-state index contributed by atoms with van der Waals surface area (Å²) in [6.07, 6.45) is 21.6. The molecule has 7 nitrogen and oxygen atoms in total. The zero-order valence-corrected chi connectivity index (χ0v) is 31.0. The van der Waals surface area contributed by atoms with Crippen molar-refractivity contribution in [2.24, 2.45) is 10.9 Å². The van der Waals surface area contributed by atoms with Gasteiger partial charge in [-0.25, -0.2) is 10.0 Å². The van der Waals surface area contributed by atoms with Gasteiger partial charge in [0.15, 0.2) is 0 Å². The molecule has 2 aromatic carbocycles. The van der Waals surface area contributed by atoms with Crippen LogP contribution >= 0.6 is 46.4 Å². The van der Waals surface area contributed by atoms with Crippen molar-refractivity contribution < 1.29 is 14.4 Å². The summed E-state index contributed by atoms with van der Waals surface area (Å²) in [4.78, 5) is 44.9. The number of carbonyl (C=O) groups is 3. The third-order valence-corrected chi connectivity index (χ3v) is 10.2. The SMILES string of the molecule is CCCCCCCCCCCCCCCCCCC1CC(=O)N(c2ccc(Cl)c(N=C3CC(=O)N(c4c(Cl)cc(Cl)cc4Cl)N3)c2)C1=O. The van der Waals surface area contributed by atoms with Gasteiger partial charge < -0.3 is 0 Å². The van der Waals surface area contributed by atoms with Crippen LogP contribution in [0, 0.1) is 5.92 Å². The molecule has 2 aromatic rings. The van der Waals surface area contributed by atoms with Crippen molar-refractivity contribution in [3.8, 4) is 0 Å². The van der Waals surface area contributed by atoms with Crippen molar-refractivity contribution in [1.29, 1.82) is 0 Å². The van der Waals surface area contributed by atoms with Gasteiger partial charge in [-0.2, -0.15) is 0 Å².